The predicted molar refractivity (Wildman–Crippen MR) is 119 cm³/mol. The number of rotatable bonds is 6. The third-order valence-corrected chi connectivity index (χ3v) is 4.61. The summed E-state index contributed by atoms with van der Waals surface area (Å²) in [5.74, 6) is 1.22. The SMILES string of the molecule is CCNC(=NCC(=O)N1CCCCC1)NCC(C)c1cccc(C)c1.I. The molecule has 1 heterocycles. The fraction of sp³-hybridized carbons (Fsp3) is 0.600. The van der Waals surface area contributed by atoms with Crippen LogP contribution in [0.4, 0.5) is 0 Å². The highest BCUT2D eigenvalue weighted by molar-refractivity contribution is 14.0. The van der Waals surface area contributed by atoms with Crippen LogP contribution in [-0.4, -0.2) is 49.5 Å². The molecular formula is C20H33IN4O. The van der Waals surface area contributed by atoms with Crippen molar-refractivity contribution in [3.63, 3.8) is 0 Å². The second-order valence-electron chi connectivity index (χ2n) is 6.83. The Bertz CT molecular complexity index is 585. The van der Waals surface area contributed by atoms with Crippen molar-refractivity contribution in [2.45, 2.75) is 46.0 Å². The number of likely N-dealkylation sites (tertiary alicyclic amines) is 1. The Morgan fingerprint density at radius 1 is 1.23 bits per heavy atom. The van der Waals surface area contributed by atoms with Gasteiger partial charge in [0.2, 0.25) is 5.91 Å². The van der Waals surface area contributed by atoms with E-state index in [1.807, 2.05) is 11.8 Å². The zero-order valence-corrected chi connectivity index (χ0v) is 18.6. The molecule has 1 amide bonds. The first-order valence-electron chi connectivity index (χ1n) is 9.46. The fourth-order valence-electron chi connectivity index (χ4n) is 3.08. The van der Waals surface area contributed by atoms with Gasteiger partial charge in [-0.2, -0.15) is 0 Å². The fourth-order valence-corrected chi connectivity index (χ4v) is 3.08. The van der Waals surface area contributed by atoms with Crippen LogP contribution in [0.15, 0.2) is 29.3 Å². The highest BCUT2D eigenvalue weighted by Gasteiger charge is 2.16. The average molecular weight is 472 g/mol. The van der Waals surface area contributed by atoms with Gasteiger partial charge in [-0.25, -0.2) is 4.99 Å². The van der Waals surface area contributed by atoms with Crippen LogP contribution in [0.2, 0.25) is 0 Å². The molecule has 1 aliphatic heterocycles. The van der Waals surface area contributed by atoms with Crippen molar-refractivity contribution < 1.29 is 4.79 Å². The molecular weight excluding hydrogens is 439 g/mol. The quantitative estimate of drug-likeness (QED) is 0.380. The molecule has 1 saturated heterocycles. The van der Waals surface area contributed by atoms with Gasteiger partial charge in [0.1, 0.15) is 6.54 Å². The van der Waals surface area contributed by atoms with Gasteiger partial charge in [-0.3, -0.25) is 4.79 Å². The molecule has 0 saturated carbocycles. The van der Waals surface area contributed by atoms with Crippen molar-refractivity contribution in [1.82, 2.24) is 15.5 Å². The van der Waals surface area contributed by atoms with Gasteiger partial charge in [-0.1, -0.05) is 36.8 Å². The monoisotopic (exact) mass is 472 g/mol. The molecule has 1 aromatic carbocycles. The molecule has 6 heteroatoms. The lowest BCUT2D eigenvalue weighted by Crippen LogP contribution is -2.41. The molecule has 2 rings (SSSR count). The van der Waals surface area contributed by atoms with Crippen LogP contribution < -0.4 is 10.6 Å². The van der Waals surface area contributed by atoms with Gasteiger partial charge in [-0.15, -0.1) is 24.0 Å². The minimum atomic E-state index is 0. The summed E-state index contributed by atoms with van der Waals surface area (Å²) in [6.45, 7) is 9.88. The number of guanidine groups is 1. The topological polar surface area (TPSA) is 56.7 Å². The largest absolute Gasteiger partial charge is 0.357 e. The molecule has 0 aliphatic carbocycles. The van der Waals surface area contributed by atoms with Crippen LogP contribution in [0.25, 0.3) is 0 Å². The minimum Gasteiger partial charge on any atom is -0.357 e. The highest BCUT2D eigenvalue weighted by Crippen LogP contribution is 2.15. The molecule has 2 N–H and O–H groups in total. The molecule has 0 radical (unpaired) electrons. The van der Waals surface area contributed by atoms with Crippen molar-refractivity contribution in [3.05, 3.63) is 35.4 Å². The Balaban J connectivity index is 0.00000338. The predicted octanol–water partition coefficient (Wildman–Crippen LogP) is 3.28. The standard InChI is InChI=1S/C20H32N4O.HI/c1-4-21-20(23-15-19(25)24-11-6-5-7-12-24)22-14-17(3)18-10-8-9-16(2)13-18;/h8-10,13,17H,4-7,11-12,14-15H2,1-3H3,(H2,21,22,23);1H. The molecule has 1 atom stereocenters. The number of benzene rings is 1. The van der Waals surface area contributed by atoms with Crippen LogP contribution in [0.3, 0.4) is 0 Å². The molecule has 0 spiro atoms. The number of aliphatic imine (C=N–C) groups is 1. The van der Waals surface area contributed by atoms with E-state index in [0.29, 0.717) is 11.9 Å². The number of nitrogens with zero attached hydrogens (tertiary/aromatic N) is 2. The Kier molecular flexibility index (Phi) is 10.6. The first kappa shape index (κ1) is 22.7. The van der Waals surface area contributed by atoms with Crippen LogP contribution in [-0.2, 0) is 4.79 Å². The number of hydrogen-bond acceptors (Lipinski definition) is 2. The number of nitrogens with one attached hydrogen (secondary N) is 2. The Morgan fingerprint density at radius 2 is 1.96 bits per heavy atom. The summed E-state index contributed by atoms with van der Waals surface area (Å²) in [5.41, 5.74) is 2.59. The Morgan fingerprint density at radius 3 is 2.62 bits per heavy atom. The Labute approximate surface area is 175 Å². The maximum Gasteiger partial charge on any atom is 0.244 e. The van der Waals surface area contributed by atoms with E-state index in [0.717, 1.165) is 39.0 Å². The summed E-state index contributed by atoms with van der Waals surface area (Å²) in [5, 5.41) is 6.59. The summed E-state index contributed by atoms with van der Waals surface area (Å²) in [4.78, 5) is 18.7. The number of carbonyl (C=O) groups is 1. The van der Waals surface area contributed by atoms with E-state index >= 15 is 0 Å². The van der Waals surface area contributed by atoms with Crippen LogP contribution in [0.5, 0.6) is 0 Å². The first-order valence-corrected chi connectivity index (χ1v) is 9.46. The third-order valence-electron chi connectivity index (χ3n) is 4.61. The second-order valence-corrected chi connectivity index (χ2v) is 6.83. The molecule has 5 nitrogen and oxygen atoms in total. The molecule has 1 aromatic rings. The third kappa shape index (κ3) is 7.51. The van der Waals surface area contributed by atoms with Gasteiger partial charge < -0.3 is 15.5 Å². The van der Waals surface area contributed by atoms with E-state index in [1.54, 1.807) is 0 Å². The van der Waals surface area contributed by atoms with E-state index in [4.69, 9.17) is 0 Å². The van der Waals surface area contributed by atoms with Gasteiger partial charge >= 0.3 is 0 Å². The molecule has 0 bridgehead atoms. The van der Waals surface area contributed by atoms with E-state index in [-0.39, 0.29) is 36.4 Å². The summed E-state index contributed by atoms with van der Waals surface area (Å²) in [6, 6.07) is 8.58. The average Bonchev–Trinajstić information content (AvgIpc) is 2.64. The lowest BCUT2D eigenvalue weighted by atomic mass is 9.99. The van der Waals surface area contributed by atoms with Crippen molar-refractivity contribution in [1.29, 1.82) is 0 Å². The van der Waals surface area contributed by atoms with Gasteiger partial charge in [0, 0.05) is 26.2 Å². The summed E-state index contributed by atoms with van der Waals surface area (Å²) < 4.78 is 0. The highest BCUT2D eigenvalue weighted by atomic mass is 127. The van der Waals surface area contributed by atoms with E-state index in [1.165, 1.54) is 17.5 Å². The number of carbonyl (C=O) groups excluding carboxylic acids is 1. The van der Waals surface area contributed by atoms with Crippen molar-refractivity contribution >= 4 is 35.8 Å². The first-order chi connectivity index (χ1) is 12.1. The summed E-state index contributed by atoms with van der Waals surface area (Å²) in [6.07, 6.45) is 3.46. The zero-order chi connectivity index (χ0) is 18.1. The van der Waals surface area contributed by atoms with Crippen LogP contribution in [0, 0.1) is 6.92 Å². The van der Waals surface area contributed by atoms with Crippen LogP contribution >= 0.6 is 24.0 Å². The van der Waals surface area contributed by atoms with Crippen molar-refractivity contribution in [2.75, 3.05) is 32.7 Å². The summed E-state index contributed by atoms with van der Waals surface area (Å²) >= 11 is 0. The van der Waals surface area contributed by atoms with Crippen LogP contribution in [0.1, 0.15) is 50.2 Å². The normalized spacial score (nSPS) is 15.8. The van der Waals surface area contributed by atoms with Gasteiger partial charge in [-0.05, 0) is 44.6 Å². The molecule has 146 valence electrons. The second kappa shape index (κ2) is 12.1. The lowest BCUT2D eigenvalue weighted by molar-refractivity contribution is -0.130. The number of hydrogen-bond donors (Lipinski definition) is 2. The van der Waals surface area contributed by atoms with E-state index in [9.17, 15) is 4.79 Å². The zero-order valence-electron chi connectivity index (χ0n) is 16.3. The van der Waals surface area contributed by atoms with Gasteiger partial charge in [0.05, 0.1) is 0 Å². The number of halogens is 1. The molecule has 1 unspecified atom stereocenters. The molecule has 0 aromatic heterocycles. The smallest absolute Gasteiger partial charge is 0.244 e. The number of aryl methyl sites for hydroxylation is 1. The van der Waals surface area contributed by atoms with Crippen molar-refractivity contribution in [2.24, 2.45) is 4.99 Å². The molecule has 1 aliphatic rings. The Hall–Kier alpha value is -1.31. The lowest BCUT2D eigenvalue weighted by Gasteiger charge is -2.26. The van der Waals surface area contributed by atoms with Gasteiger partial charge in [0.15, 0.2) is 5.96 Å². The summed E-state index contributed by atoms with van der Waals surface area (Å²) in [7, 11) is 0. The minimum absolute atomic E-state index is 0. The maximum atomic E-state index is 12.3. The van der Waals surface area contributed by atoms with Crippen molar-refractivity contribution in [3.8, 4) is 0 Å². The van der Waals surface area contributed by atoms with Gasteiger partial charge in [0.25, 0.3) is 0 Å². The van der Waals surface area contributed by atoms with E-state index < -0.39 is 0 Å². The molecule has 26 heavy (non-hydrogen) atoms. The molecule has 1 fully saturated rings. The van der Waals surface area contributed by atoms with E-state index in [2.05, 4.69) is 53.7 Å². The number of piperidine rings is 1. The number of amides is 1. The maximum absolute atomic E-state index is 12.3.